The molecule has 1 saturated carbocycles. The molecule has 8 heteroatoms. The number of ether oxygens (including phenoxy) is 1. The lowest BCUT2D eigenvalue weighted by Crippen LogP contribution is -2.41. The summed E-state index contributed by atoms with van der Waals surface area (Å²) >= 11 is 0. The zero-order chi connectivity index (χ0) is 18.9. The van der Waals surface area contributed by atoms with Crippen LogP contribution in [0.1, 0.15) is 45.3 Å². The van der Waals surface area contributed by atoms with E-state index in [1.165, 1.54) is 0 Å². The summed E-state index contributed by atoms with van der Waals surface area (Å²) in [5, 5.41) is 7.00. The molecule has 3 rings (SSSR count). The SMILES string of the molecule is CCOCC(=O)N[C@@H]1CC2CN(C(=O)C(C)C)C[C@@]2(c2nc(C)no2)C1. The molecular weight excluding hydrogens is 336 g/mol. The van der Waals surface area contributed by atoms with Gasteiger partial charge in [0.15, 0.2) is 5.82 Å². The highest BCUT2D eigenvalue weighted by molar-refractivity contribution is 5.79. The van der Waals surface area contributed by atoms with Gasteiger partial charge < -0.3 is 19.5 Å². The molecule has 2 fully saturated rings. The van der Waals surface area contributed by atoms with Crippen molar-refractivity contribution in [2.24, 2.45) is 11.8 Å². The molecule has 1 aromatic heterocycles. The van der Waals surface area contributed by atoms with Crippen LogP contribution in [-0.2, 0) is 19.7 Å². The van der Waals surface area contributed by atoms with Crippen molar-refractivity contribution in [3.8, 4) is 0 Å². The van der Waals surface area contributed by atoms with Gasteiger partial charge in [-0.25, -0.2) is 0 Å². The predicted molar refractivity (Wildman–Crippen MR) is 93.3 cm³/mol. The Hall–Kier alpha value is -1.96. The van der Waals surface area contributed by atoms with Crippen molar-refractivity contribution >= 4 is 11.8 Å². The number of likely N-dealkylation sites (tertiary alicyclic amines) is 1. The lowest BCUT2D eigenvalue weighted by atomic mass is 9.80. The highest BCUT2D eigenvalue weighted by Crippen LogP contribution is 2.50. The lowest BCUT2D eigenvalue weighted by molar-refractivity contribution is -0.134. The van der Waals surface area contributed by atoms with Gasteiger partial charge in [0.25, 0.3) is 0 Å². The first-order valence-corrected chi connectivity index (χ1v) is 9.32. The highest BCUT2D eigenvalue weighted by atomic mass is 16.5. The summed E-state index contributed by atoms with van der Waals surface area (Å²) in [6, 6.07) is 0.0245. The number of rotatable bonds is 6. The molecule has 0 aromatic carbocycles. The topological polar surface area (TPSA) is 97.6 Å². The van der Waals surface area contributed by atoms with E-state index in [-0.39, 0.29) is 41.7 Å². The molecule has 2 aliphatic rings. The number of aromatic nitrogens is 2. The molecule has 2 amide bonds. The first-order chi connectivity index (χ1) is 12.4. The number of carbonyl (C=O) groups excluding carboxylic acids is 2. The molecule has 1 unspecified atom stereocenters. The van der Waals surface area contributed by atoms with E-state index >= 15 is 0 Å². The van der Waals surface area contributed by atoms with Gasteiger partial charge in [-0.15, -0.1) is 0 Å². The Labute approximate surface area is 153 Å². The molecule has 1 aromatic rings. The number of fused-ring (bicyclic) bond motifs is 1. The molecule has 0 radical (unpaired) electrons. The molecule has 0 bridgehead atoms. The smallest absolute Gasteiger partial charge is 0.246 e. The summed E-state index contributed by atoms with van der Waals surface area (Å²) in [6.45, 7) is 9.29. The van der Waals surface area contributed by atoms with Crippen LogP contribution in [0.25, 0.3) is 0 Å². The number of amides is 2. The fourth-order valence-electron chi connectivity index (χ4n) is 4.31. The Morgan fingerprint density at radius 2 is 2.23 bits per heavy atom. The summed E-state index contributed by atoms with van der Waals surface area (Å²) in [6.07, 6.45) is 1.49. The van der Waals surface area contributed by atoms with Crippen LogP contribution >= 0.6 is 0 Å². The maximum absolute atomic E-state index is 12.5. The molecule has 26 heavy (non-hydrogen) atoms. The van der Waals surface area contributed by atoms with Gasteiger partial charge in [0.05, 0.1) is 5.41 Å². The summed E-state index contributed by atoms with van der Waals surface area (Å²) in [4.78, 5) is 30.9. The molecule has 0 spiro atoms. The fraction of sp³-hybridized carbons (Fsp3) is 0.778. The number of hydrogen-bond donors (Lipinski definition) is 1. The van der Waals surface area contributed by atoms with Gasteiger partial charge in [0.1, 0.15) is 6.61 Å². The second kappa shape index (κ2) is 7.34. The van der Waals surface area contributed by atoms with E-state index in [2.05, 4.69) is 15.5 Å². The largest absolute Gasteiger partial charge is 0.372 e. The number of carbonyl (C=O) groups is 2. The van der Waals surface area contributed by atoms with E-state index in [0.717, 1.165) is 6.42 Å². The van der Waals surface area contributed by atoms with Gasteiger partial charge in [-0.1, -0.05) is 19.0 Å². The van der Waals surface area contributed by atoms with Crippen LogP contribution in [0.4, 0.5) is 0 Å². The summed E-state index contributed by atoms with van der Waals surface area (Å²) in [7, 11) is 0. The zero-order valence-electron chi connectivity index (χ0n) is 15.9. The van der Waals surface area contributed by atoms with E-state index in [1.54, 1.807) is 6.92 Å². The van der Waals surface area contributed by atoms with Gasteiger partial charge >= 0.3 is 0 Å². The average molecular weight is 364 g/mol. The second-order valence-corrected chi connectivity index (χ2v) is 7.71. The quantitative estimate of drug-likeness (QED) is 0.810. The zero-order valence-corrected chi connectivity index (χ0v) is 15.9. The summed E-state index contributed by atoms with van der Waals surface area (Å²) < 4.78 is 10.7. The third kappa shape index (κ3) is 3.47. The summed E-state index contributed by atoms with van der Waals surface area (Å²) in [5.41, 5.74) is -0.380. The second-order valence-electron chi connectivity index (χ2n) is 7.71. The summed E-state index contributed by atoms with van der Waals surface area (Å²) in [5.74, 6) is 1.36. The highest BCUT2D eigenvalue weighted by Gasteiger charge is 2.58. The molecule has 144 valence electrons. The molecule has 3 atom stereocenters. The minimum absolute atomic E-state index is 0.0245. The number of nitrogens with zero attached hydrogens (tertiary/aromatic N) is 3. The minimum atomic E-state index is -0.380. The Morgan fingerprint density at radius 3 is 2.85 bits per heavy atom. The van der Waals surface area contributed by atoms with Gasteiger partial charge in [-0.05, 0) is 32.6 Å². The standard InChI is InChI=1S/C18H28N4O4/c1-5-25-9-15(23)20-14-6-13-8-22(16(24)11(2)3)10-18(13,7-14)17-19-12(4)21-26-17/h11,13-14H,5-10H2,1-4H3,(H,20,23)/t13?,14-,18+/m1/s1. The monoisotopic (exact) mass is 364 g/mol. The van der Waals surface area contributed by atoms with E-state index < -0.39 is 0 Å². The first kappa shape index (κ1) is 18.8. The van der Waals surface area contributed by atoms with Crippen molar-refractivity contribution in [2.45, 2.75) is 52.0 Å². The molecular formula is C18H28N4O4. The molecule has 1 aliphatic heterocycles. The van der Waals surface area contributed by atoms with Crippen molar-refractivity contribution < 1.29 is 18.8 Å². The Bertz CT molecular complexity index is 674. The van der Waals surface area contributed by atoms with Crippen LogP contribution in [0, 0.1) is 18.8 Å². The number of nitrogens with one attached hydrogen (secondary N) is 1. The Balaban J connectivity index is 1.78. The molecule has 8 nitrogen and oxygen atoms in total. The number of aryl methyl sites for hydroxylation is 1. The van der Waals surface area contributed by atoms with Crippen LogP contribution in [0.2, 0.25) is 0 Å². The minimum Gasteiger partial charge on any atom is -0.372 e. The van der Waals surface area contributed by atoms with E-state index in [0.29, 0.717) is 37.8 Å². The predicted octanol–water partition coefficient (Wildman–Crippen LogP) is 1.05. The number of hydrogen-bond acceptors (Lipinski definition) is 6. The van der Waals surface area contributed by atoms with Crippen molar-refractivity contribution in [2.75, 3.05) is 26.3 Å². The van der Waals surface area contributed by atoms with Gasteiger partial charge in [0, 0.05) is 31.7 Å². The van der Waals surface area contributed by atoms with Crippen LogP contribution in [0.15, 0.2) is 4.52 Å². The molecule has 1 N–H and O–H groups in total. The fourth-order valence-corrected chi connectivity index (χ4v) is 4.31. The van der Waals surface area contributed by atoms with Gasteiger partial charge in [-0.3, -0.25) is 9.59 Å². The Kier molecular flexibility index (Phi) is 5.32. The van der Waals surface area contributed by atoms with Crippen molar-refractivity contribution in [1.29, 1.82) is 0 Å². The average Bonchev–Trinajstić information content (AvgIpc) is 3.24. The lowest BCUT2D eigenvalue weighted by Gasteiger charge is -2.26. The normalized spacial score (nSPS) is 27.8. The van der Waals surface area contributed by atoms with E-state index in [1.807, 2.05) is 25.7 Å². The van der Waals surface area contributed by atoms with Gasteiger partial charge in [0.2, 0.25) is 17.7 Å². The first-order valence-electron chi connectivity index (χ1n) is 9.32. The Morgan fingerprint density at radius 1 is 1.46 bits per heavy atom. The van der Waals surface area contributed by atoms with Crippen LogP contribution in [0.5, 0.6) is 0 Å². The van der Waals surface area contributed by atoms with Crippen LogP contribution in [-0.4, -0.2) is 59.2 Å². The molecule has 1 aliphatic carbocycles. The van der Waals surface area contributed by atoms with Crippen molar-refractivity contribution in [3.63, 3.8) is 0 Å². The molecule has 1 saturated heterocycles. The van der Waals surface area contributed by atoms with Crippen molar-refractivity contribution in [3.05, 3.63) is 11.7 Å². The third-order valence-corrected chi connectivity index (χ3v) is 5.44. The van der Waals surface area contributed by atoms with Crippen LogP contribution in [0.3, 0.4) is 0 Å². The molecule has 2 heterocycles. The van der Waals surface area contributed by atoms with E-state index in [4.69, 9.17) is 9.26 Å². The van der Waals surface area contributed by atoms with Gasteiger partial charge in [-0.2, -0.15) is 4.98 Å². The third-order valence-electron chi connectivity index (χ3n) is 5.44. The van der Waals surface area contributed by atoms with Crippen molar-refractivity contribution in [1.82, 2.24) is 20.4 Å². The van der Waals surface area contributed by atoms with E-state index in [9.17, 15) is 9.59 Å². The maximum atomic E-state index is 12.5. The maximum Gasteiger partial charge on any atom is 0.246 e. The van der Waals surface area contributed by atoms with Crippen LogP contribution < -0.4 is 5.32 Å².